The molecule has 122 valence electrons. The molecule has 1 rings (SSSR count). The van der Waals surface area contributed by atoms with Crippen molar-refractivity contribution in [3.63, 3.8) is 0 Å². The molecule has 0 spiro atoms. The van der Waals surface area contributed by atoms with E-state index in [1.807, 2.05) is 6.92 Å². The number of hydrogen-bond acceptors (Lipinski definition) is 5. The van der Waals surface area contributed by atoms with Gasteiger partial charge in [0.15, 0.2) is 4.67 Å². The van der Waals surface area contributed by atoms with Crippen LogP contribution < -0.4 is 10.0 Å². The summed E-state index contributed by atoms with van der Waals surface area (Å²) in [5.41, 5.74) is 0. The van der Waals surface area contributed by atoms with Crippen LogP contribution in [-0.2, 0) is 21.3 Å². The lowest BCUT2D eigenvalue weighted by Crippen LogP contribution is -2.35. The average Bonchev–Trinajstić information content (AvgIpc) is 2.78. The first-order chi connectivity index (χ1) is 9.90. The van der Waals surface area contributed by atoms with Crippen LogP contribution in [0.25, 0.3) is 0 Å². The summed E-state index contributed by atoms with van der Waals surface area (Å²) >= 11 is 3.16. The third kappa shape index (κ3) is 6.07. The van der Waals surface area contributed by atoms with Crippen LogP contribution in [0.5, 0.6) is 0 Å². The van der Waals surface area contributed by atoms with Gasteiger partial charge in [-0.1, -0.05) is 6.92 Å². The monoisotopic (exact) mass is 382 g/mol. The summed E-state index contributed by atoms with van der Waals surface area (Å²) in [6.45, 7) is 7.91. The molecule has 0 aliphatic carbocycles. The molecule has 1 atom stereocenters. The van der Waals surface area contributed by atoms with Crippen molar-refractivity contribution >= 4 is 26.0 Å². The molecule has 0 saturated carbocycles. The van der Waals surface area contributed by atoms with E-state index >= 15 is 0 Å². The zero-order valence-electron chi connectivity index (χ0n) is 12.6. The Kier molecular flexibility index (Phi) is 7.89. The van der Waals surface area contributed by atoms with Gasteiger partial charge in [0.1, 0.15) is 10.7 Å². The van der Waals surface area contributed by atoms with Crippen LogP contribution in [0.2, 0.25) is 0 Å². The molecule has 0 radical (unpaired) electrons. The molecule has 1 aromatic rings. The summed E-state index contributed by atoms with van der Waals surface area (Å²) in [6.07, 6.45) is 1.00. The number of halogens is 1. The van der Waals surface area contributed by atoms with Gasteiger partial charge in [-0.15, -0.1) is 0 Å². The van der Waals surface area contributed by atoms with E-state index < -0.39 is 10.0 Å². The van der Waals surface area contributed by atoms with Crippen molar-refractivity contribution in [3.05, 3.63) is 16.5 Å². The summed E-state index contributed by atoms with van der Waals surface area (Å²) in [4.78, 5) is 0.110. The Morgan fingerprint density at radius 2 is 2.14 bits per heavy atom. The predicted molar refractivity (Wildman–Crippen MR) is 84.7 cm³/mol. The molecule has 0 amide bonds. The lowest BCUT2D eigenvalue weighted by atomic mass is 10.4. The molecular weight excluding hydrogens is 360 g/mol. The van der Waals surface area contributed by atoms with Crippen LogP contribution in [0.1, 0.15) is 33.0 Å². The zero-order valence-corrected chi connectivity index (χ0v) is 15.0. The Hall–Kier alpha value is -0.410. The largest absolute Gasteiger partial charge is 0.452 e. The molecule has 1 heterocycles. The summed E-state index contributed by atoms with van der Waals surface area (Å²) in [7, 11) is -3.63. The fourth-order valence-electron chi connectivity index (χ4n) is 1.71. The standard InChI is InChI=1S/C13H23BrN2O4S/c1-4-6-15-8-11-7-12(13(14)20-11)21(17,18)16-10(3)9-19-5-2/h7,10,15-16H,4-6,8-9H2,1-3H3. The molecule has 21 heavy (non-hydrogen) atoms. The van der Waals surface area contributed by atoms with Crippen LogP contribution >= 0.6 is 15.9 Å². The van der Waals surface area contributed by atoms with Crippen molar-refractivity contribution in [1.29, 1.82) is 0 Å². The maximum Gasteiger partial charge on any atom is 0.245 e. The molecule has 0 aliphatic rings. The lowest BCUT2D eigenvalue weighted by molar-refractivity contribution is 0.133. The SMILES string of the molecule is CCCNCc1cc(S(=O)(=O)NC(C)COCC)c(Br)o1. The van der Waals surface area contributed by atoms with E-state index in [0.29, 0.717) is 25.5 Å². The fourth-order valence-corrected chi connectivity index (χ4v) is 3.94. The molecule has 1 unspecified atom stereocenters. The van der Waals surface area contributed by atoms with E-state index in [1.165, 1.54) is 6.07 Å². The second kappa shape index (κ2) is 8.89. The lowest BCUT2D eigenvalue weighted by Gasteiger charge is -2.13. The van der Waals surface area contributed by atoms with Gasteiger partial charge in [0.25, 0.3) is 0 Å². The Morgan fingerprint density at radius 1 is 1.43 bits per heavy atom. The Morgan fingerprint density at radius 3 is 2.76 bits per heavy atom. The quantitative estimate of drug-likeness (QED) is 0.606. The van der Waals surface area contributed by atoms with Crippen LogP contribution in [0.15, 0.2) is 20.0 Å². The Labute approximate surface area is 134 Å². The molecule has 0 aromatic carbocycles. The molecule has 1 aromatic heterocycles. The van der Waals surface area contributed by atoms with Gasteiger partial charge < -0.3 is 14.5 Å². The first-order valence-corrected chi connectivity index (χ1v) is 9.27. The van der Waals surface area contributed by atoms with Gasteiger partial charge in [0.2, 0.25) is 10.0 Å². The van der Waals surface area contributed by atoms with Gasteiger partial charge in [0.05, 0.1) is 13.2 Å². The molecule has 6 nitrogen and oxygen atoms in total. The van der Waals surface area contributed by atoms with E-state index in [0.717, 1.165) is 13.0 Å². The number of furan rings is 1. The van der Waals surface area contributed by atoms with Gasteiger partial charge in [-0.25, -0.2) is 13.1 Å². The van der Waals surface area contributed by atoms with Gasteiger partial charge in [-0.05, 0) is 42.7 Å². The maximum atomic E-state index is 12.3. The first kappa shape index (κ1) is 18.6. The van der Waals surface area contributed by atoms with Crippen molar-refractivity contribution < 1.29 is 17.6 Å². The number of ether oxygens (including phenoxy) is 1. The highest BCUT2D eigenvalue weighted by Crippen LogP contribution is 2.26. The highest BCUT2D eigenvalue weighted by Gasteiger charge is 2.24. The van der Waals surface area contributed by atoms with E-state index in [9.17, 15) is 8.42 Å². The van der Waals surface area contributed by atoms with Gasteiger partial charge >= 0.3 is 0 Å². The van der Waals surface area contributed by atoms with E-state index in [4.69, 9.17) is 9.15 Å². The molecule has 2 N–H and O–H groups in total. The normalized spacial score (nSPS) is 13.5. The van der Waals surface area contributed by atoms with E-state index in [2.05, 4.69) is 32.9 Å². The smallest absolute Gasteiger partial charge is 0.245 e. The van der Waals surface area contributed by atoms with Crippen LogP contribution in [0, 0.1) is 0 Å². The molecule has 8 heteroatoms. The summed E-state index contributed by atoms with van der Waals surface area (Å²) in [6, 6.07) is 1.22. The topological polar surface area (TPSA) is 80.6 Å². The minimum absolute atomic E-state index is 0.110. The molecule has 0 aliphatic heterocycles. The number of nitrogens with one attached hydrogen (secondary N) is 2. The zero-order chi connectivity index (χ0) is 15.9. The van der Waals surface area contributed by atoms with Crippen LogP contribution in [0.4, 0.5) is 0 Å². The van der Waals surface area contributed by atoms with Crippen LogP contribution in [0.3, 0.4) is 0 Å². The first-order valence-electron chi connectivity index (χ1n) is 6.99. The van der Waals surface area contributed by atoms with Crippen molar-refractivity contribution in [2.45, 2.75) is 44.7 Å². The van der Waals surface area contributed by atoms with Crippen molar-refractivity contribution in [2.24, 2.45) is 0 Å². The number of sulfonamides is 1. The van der Waals surface area contributed by atoms with E-state index in [-0.39, 0.29) is 15.6 Å². The second-order valence-electron chi connectivity index (χ2n) is 4.71. The number of hydrogen-bond donors (Lipinski definition) is 2. The van der Waals surface area contributed by atoms with Gasteiger partial charge in [0, 0.05) is 18.7 Å². The Balaban J connectivity index is 2.74. The summed E-state index contributed by atoms with van der Waals surface area (Å²) in [5.74, 6) is 0.577. The third-order valence-electron chi connectivity index (χ3n) is 2.65. The van der Waals surface area contributed by atoms with Gasteiger partial charge in [-0.3, -0.25) is 0 Å². The molecular formula is C13H23BrN2O4S. The minimum atomic E-state index is -3.63. The summed E-state index contributed by atoms with van der Waals surface area (Å²) in [5, 5.41) is 3.16. The Bertz CT molecular complexity index is 530. The fraction of sp³-hybridized carbons (Fsp3) is 0.692. The van der Waals surface area contributed by atoms with Crippen molar-refractivity contribution in [2.75, 3.05) is 19.8 Å². The molecule has 0 fully saturated rings. The van der Waals surface area contributed by atoms with Crippen LogP contribution in [-0.4, -0.2) is 34.2 Å². The van der Waals surface area contributed by atoms with Crippen molar-refractivity contribution in [1.82, 2.24) is 10.0 Å². The van der Waals surface area contributed by atoms with Gasteiger partial charge in [-0.2, -0.15) is 0 Å². The average molecular weight is 383 g/mol. The molecule has 0 saturated heterocycles. The predicted octanol–water partition coefficient (Wildman–Crippen LogP) is 2.25. The second-order valence-corrected chi connectivity index (χ2v) is 7.11. The highest BCUT2D eigenvalue weighted by atomic mass is 79.9. The highest BCUT2D eigenvalue weighted by molar-refractivity contribution is 9.10. The minimum Gasteiger partial charge on any atom is -0.452 e. The van der Waals surface area contributed by atoms with Crippen molar-refractivity contribution in [3.8, 4) is 0 Å². The maximum absolute atomic E-state index is 12.3. The number of rotatable bonds is 10. The summed E-state index contributed by atoms with van der Waals surface area (Å²) < 4.78 is 38.0. The third-order valence-corrected chi connectivity index (χ3v) is 5.10. The molecule has 0 bridgehead atoms. The van der Waals surface area contributed by atoms with E-state index in [1.54, 1.807) is 6.92 Å².